The summed E-state index contributed by atoms with van der Waals surface area (Å²) in [6.45, 7) is 0. The average Bonchev–Trinajstić information content (AvgIpc) is 0. The molecule has 7 heteroatoms. The molecule has 0 aliphatic rings. The van der Waals surface area contributed by atoms with Crippen molar-refractivity contribution >= 4 is 19.4 Å². The van der Waals surface area contributed by atoms with E-state index in [1.54, 1.807) is 0 Å². The summed E-state index contributed by atoms with van der Waals surface area (Å²) < 4.78 is 0. The van der Waals surface area contributed by atoms with Crippen molar-refractivity contribution < 1.29 is 94.1 Å². The fourth-order valence-corrected chi connectivity index (χ4v) is 0. The third kappa shape index (κ3) is 46.1. The molecule has 51 valence electrons. The van der Waals surface area contributed by atoms with Gasteiger partial charge in [-0.3, -0.25) is 0 Å². The normalized spacial score (nSPS) is 0. The molecule has 0 heterocycles. The van der Waals surface area contributed by atoms with Gasteiger partial charge in [0.15, 0.2) is 0 Å². The van der Waals surface area contributed by atoms with Crippen LogP contribution in [0.4, 0.5) is 0 Å². The van der Waals surface area contributed by atoms with Crippen molar-refractivity contribution in [3.63, 3.8) is 0 Å². The van der Waals surface area contributed by atoms with Crippen LogP contribution in [0, 0.1) is 0 Å². The molecular formula is H4BCuFeMoNbNiSi. The second-order valence-electron chi connectivity index (χ2n) is 0. The van der Waals surface area contributed by atoms with Crippen LogP contribution in [0.15, 0.2) is 0 Å². The van der Waals surface area contributed by atoms with Gasteiger partial charge in [-0.25, -0.2) is 0 Å². The molecule has 0 aromatic heterocycles. The molecule has 0 atom stereocenters. The summed E-state index contributed by atoms with van der Waals surface area (Å²) in [5.41, 5.74) is 0. The smallest absolute Gasteiger partial charge is 0 e. The van der Waals surface area contributed by atoms with Gasteiger partial charge < -0.3 is 0 Å². The van der Waals surface area contributed by atoms with E-state index >= 15 is 0 Å². The van der Waals surface area contributed by atoms with Crippen LogP contribution >= 0.6 is 0 Å². The van der Waals surface area contributed by atoms with Crippen LogP contribution in [0.25, 0.3) is 0 Å². The van der Waals surface area contributed by atoms with E-state index in [1.807, 2.05) is 0 Å². The van der Waals surface area contributed by atoms with Gasteiger partial charge in [0.25, 0.3) is 0 Å². The van der Waals surface area contributed by atoms with E-state index in [-0.39, 0.29) is 113 Å². The van der Waals surface area contributed by atoms with Crippen LogP contribution in [0.5, 0.6) is 0 Å². The standard InChI is InChI=1S/B.Cu.Fe.Mo.Nb.Ni.H4Si/h;;;;;;1H4. The first kappa shape index (κ1) is 83.2. The summed E-state index contributed by atoms with van der Waals surface area (Å²) in [7, 11) is 0. The summed E-state index contributed by atoms with van der Waals surface area (Å²) in [4.78, 5) is 0. The van der Waals surface area contributed by atoms with Crippen molar-refractivity contribution in [2.24, 2.45) is 0 Å². The Morgan fingerprint density at radius 1 is 1.00 bits per heavy atom. The number of rotatable bonds is 0. The second-order valence-corrected chi connectivity index (χ2v) is 0. The quantitative estimate of drug-likeness (QED) is 0.412. The van der Waals surface area contributed by atoms with Crippen LogP contribution in [-0.2, 0) is 94.1 Å². The molecule has 0 aliphatic carbocycles. The molecule has 0 fully saturated rings. The molecule has 0 rings (SSSR count). The van der Waals surface area contributed by atoms with Gasteiger partial charge in [-0.15, -0.1) is 0 Å². The van der Waals surface area contributed by atoms with Crippen LogP contribution in [0.2, 0.25) is 0 Å². The van der Waals surface area contributed by atoms with Gasteiger partial charge in [0.05, 0.1) is 0 Å². The predicted molar refractivity (Wildman–Crippen MR) is 17.1 cm³/mol. The van der Waals surface area contributed by atoms with Crippen LogP contribution in [0.3, 0.4) is 0 Å². The van der Waals surface area contributed by atoms with Crippen molar-refractivity contribution in [1.82, 2.24) is 0 Å². The minimum Gasteiger partial charge on any atom is -0.0149 e. The van der Waals surface area contributed by atoms with E-state index in [9.17, 15) is 0 Å². The molecule has 5 radical (unpaired) electrons. The Morgan fingerprint density at radius 3 is 1.00 bits per heavy atom. The van der Waals surface area contributed by atoms with Crippen molar-refractivity contribution in [3.8, 4) is 0 Å². The maximum Gasteiger partial charge on any atom is 0 e. The Morgan fingerprint density at radius 2 is 1.00 bits per heavy atom. The summed E-state index contributed by atoms with van der Waals surface area (Å²) >= 11 is 0. The molecule has 0 spiro atoms. The molecule has 0 aliphatic heterocycles. The van der Waals surface area contributed by atoms with E-state index in [2.05, 4.69) is 0 Å². The largest absolute Gasteiger partial charge is 0.0149 e. The molecule has 0 aromatic rings. The zero-order valence-corrected chi connectivity index (χ0v) is 9.64. The van der Waals surface area contributed by atoms with Crippen molar-refractivity contribution in [2.75, 3.05) is 0 Å². The molecule has 0 amide bonds. The molecule has 7 heavy (non-hydrogen) atoms. The topological polar surface area (TPSA) is 0 Å². The minimum atomic E-state index is 0. The second kappa shape index (κ2) is 59.7. The molecule has 0 nitrogen and oxygen atoms in total. The Bertz CT molecular complexity index is 19.7. The van der Waals surface area contributed by atoms with Crippen LogP contribution < -0.4 is 0 Å². The Hall–Kier alpha value is 3.24. The number of hydrogen-bond acceptors (Lipinski definition) is 0. The van der Waals surface area contributed by atoms with Crippen LogP contribution in [0.1, 0.15) is 0 Å². The van der Waals surface area contributed by atoms with Gasteiger partial charge in [-0.2, -0.15) is 0 Å². The zero-order chi connectivity index (χ0) is 0. The van der Waals surface area contributed by atoms with Crippen LogP contribution in [-0.4, -0.2) is 19.4 Å². The minimum absolute atomic E-state index is 0. The van der Waals surface area contributed by atoms with Gasteiger partial charge in [0, 0.05) is 102 Å². The van der Waals surface area contributed by atoms with Gasteiger partial charge in [-0.05, 0) is 11.0 Å². The molecule has 0 bridgehead atoms. The fraction of sp³-hybridized carbons (Fsp3) is 0. The zero-order valence-electron chi connectivity index (χ0n) is 2.40. The Labute approximate surface area is 112 Å². The molecule has 0 saturated heterocycles. The summed E-state index contributed by atoms with van der Waals surface area (Å²) in [6, 6.07) is 0. The number of hydrogen-bond donors (Lipinski definition) is 0. The summed E-state index contributed by atoms with van der Waals surface area (Å²) in [5, 5.41) is 0. The van der Waals surface area contributed by atoms with Gasteiger partial charge >= 0.3 is 0 Å². The average molecular weight is 410 g/mol. The van der Waals surface area contributed by atoms with Crippen molar-refractivity contribution in [2.45, 2.75) is 0 Å². The molecular weight excluding hydrogens is 406 g/mol. The molecule has 0 unspecified atom stereocenters. The van der Waals surface area contributed by atoms with E-state index in [0.29, 0.717) is 0 Å². The van der Waals surface area contributed by atoms with Crippen molar-refractivity contribution in [3.05, 3.63) is 0 Å². The first-order valence-electron chi connectivity index (χ1n) is 0. The van der Waals surface area contributed by atoms with E-state index in [1.165, 1.54) is 0 Å². The first-order chi connectivity index (χ1) is 0. The van der Waals surface area contributed by atoms with E-state index < -0.39 is 0 Å². The monoisotopic (exact) mass is 411 g/mol. The van der Waals surface area contributed by atoms with Crippen molar-refractivity contribution in [1.29, 1.82) is 0 Å². The van der Waals surface area contributed by atoms with Gasteiger partial charge in [-0.1, -0.05) is 0 Å². The third-order valence-electron chi connectivity index (χ3n) is 0. The third-order valence-corrected chi connectivity index (χ3v) is 0. The molecule has 0 N–H and O–H groups in total. The Kier molecular flexibility index (Phi) is 710. The van der Waals surface area contributed by atoms with Gasteiger partial charge in [0.2, 0.25) is 0 Å². The predicted octanol–water partition coefficient (Wildman–Crippen LogP) is -1.84. The first-order valence-corrected chi connectivity index (χ1v) is 0. The molecule has 0 saturated carbocycles. The molecule has 0 aromatic carbocycles. The maximum atomic E-state index is 0. The SMILES string of the molecule is [B].[Cu].[Fe].[Mo].[Nb].[Ni].[SiH4]. The van der Waals surface area contributed by atoms with E-state index in [4.69, 9.17) is 0 Å². The maximum absolute atomic E-state index is 0. The summed E-state index contributed by atoms with van der Waals surface area (Å²) in [6.07, 6.45) is 0. The Balaban J connectivity index is 0. The summed E-state index contributed by atoms with van der Waals surface area (Å²) in [5.74, 6) is 0. The fourth-order valence-electron chi connectivity index (χ4n) is 0. The van der Waals surface area contributed by atoms with E-state index in [0.717, 1.165) is 0 Å². The van der Waals surface area contributed by atoms with Gasteiger partial charge in [0.1, 0.15) is 0 Å².